The lowest BCUT2D eigenvalue weighted by Gasteiger charge is -2.33. The fourth-order valence-electron chi connectivity index (χ4n) is 20.0. The molecular weight excluding hydrogens is 1980 g/mol. The molecule has 6 fully saturated rings. The summed E-state index contributed by atoms with van der Waals surface area (Å²) in [6.07, 6.45) is 14.8. The van der Waals surface area contributed by atoms with Gasteiger partial charge in [-0.15, -0.1) is 0 Å². The molecule has 0 N–H and O–H groups in total. The van der Waals surface area contributed by atoms with Crippen LogP contribution in [0.4, 0.5) is 0 Å². The van der Waals surface area contributed by atoms with Crippen LogP contribution in [0.2, 0.25) is 35.2 Å². The van der Waals surface area contributed by atoms with Gasteiger partial charge in [-0.3, -0.25) is 28.8 Å². The fraction of sp³-hybridized carbons (Fsp3) is 0.600. The Hall–Kier alpha value is -6.03. The molecule has 0 bridgehead atoms. The summed E-state index contributed by atoms with van der Waals surface area (Å²) in [5.74, 6) is 6.10. The minimum absolute atomic E-state index is 0.0318. The zero-order valence-electron chi connectivity index (χ0n) is 93.5. The van der Waals surface area contributed by atoms with E-state index < -0.39 is 0 Å². The van der Waals surface area contributed by atoms with Crippen molar-refractivity contribution in [2.24, 2.45) is 65.1 Å². The SMILES string of the molecule is C=C(C(C)C)[C@H](CN(C)C(C)C)c1ccc(Cl)cc1.CC1CCN(C[C@@H](C(=O)C(C)C)c2ccc(Cl)cc2)CC1.CC1CCN(C[C@@H](C(=O)C(C)C)c2ccc(Cl)cc2)CC1.CC1CCN(C[C@H](C(=O)C(C)C)c2ccc(Cl)cc2)CC1.CC1CCN(C[C@H](C(=O)C(C)C)c2ccc(Cl)cc2)CC1.COC1CCN(C[C@@H](C(=O)C(C)C)c2ccc(Cl)cc2)CC1.COC1CCN(C[C@H](C(=O)C(C)C)c2ccc(Cl)cc2)CC1. The summed E-state index contributed by atoms with van der Waals surface area (Å²) < 4.78 is 10.8. The number of carbonyl (C=O) groups is 6. The largest absolute Gasteiger partial charge is 0.381 e. The van der Waals surface area contributed by atoms with Crippen LogP contribution in [0, 0.1) is 65.1 Å². The Labute approximate surface area is 923 Å². The van der Waals surface area contributed by atoms with Crippen LogP contribution < -0.4 is 0 Å². The molecule has 0 aromatic heterocycles. The second-order valence-electron chi connectivity index (χ2n) is 45.2. The van der Waals surface area contributed by atoms with Crippen molar-refractivity contribution < 1.29 is 38.2 Å². The van der Waals surface area contributed by atoms with Gasteiger partial charge in [0.25, 0.3) is 0 Å². The number of ketones is 6. The molecule has 0 amide bonds. The molecule has 6 heterocycles. The van der Waals surface area contributed by atoms with Crippen LogP contribution in [-0.2, 0) is 38.2 Å². The second kappa shape index (κ2) is 66.3. The zero-order chi connectivity index (χ0) is 108. The molecule has 22 heteroatoms. The lowest BCUT2D eigenvalue weighted by molar-refractivity contribution is -0.124. The van der Waals surface area contributed by atoms with Crippen molar-refractivity contribution in [3.8, 4) is 0 Å². The number of likely N-dealkylation sites (N-methyl/N-ethyl adjacent to an activating group) is 1. The number of likely N-dealkylation sites (tertiary alicyclic amines) is 6. The summed E-state index contributed by atoms with van der Waals surface area (Å²) in [4.78, 5) is 92.6. The Morgan fingerprint density at radius 3 is 0.531 bits per heavy atom. The first-order valence-corrected chi connectivity index (χ1v) is 57.7. The van der Waals surface area contributed by atoms with Crippen LogP contribution in [0.5, 0.6) is 0 Å². The molecule has 15 nitrogen and oxygen atoms in total. The summed E-state index contributed by atoms with van der Waals surface area (Å²) in [6, 6.07) is 55.2. The number of methoxy groups -OCH3 is 2. The third-order valence-electron chi connectivity index (χ3n) is 30.8. The number of ether oxygens (including phenoxy) is 2. The smallest absolute Gasteiger partial charge is 0.144 e. The van der Waals surface area contributed by atoms with Crippen molar-refractivity contribution >= 4 is 116 Å². The third kappa shape index (κ3) is 44.8. The standard InChI is InChI=1S/2C18H26ClNO2.4C18H26ClNO.C17H26ClN/c2*1-13(2)18(21)17(14-4-6-15(19)7-5-14)12-20-10-8-16(22-3)9-11-20;4*1-13(2)18(21)17(15-4-6-16(19)7-5-15)12-20-10-8-14(3)9-11-20;1-12(2)14(5)17(11-19(6)13(3)4)15-7-9-16(18)10-8-15/h2*4-7,13,16-17H,8-12H2,1-3H3;4*4-7,13-14,17H,8-12H2,1-3H3;7-10,12-13,17H,5,11H2,1-4,6H3/t7*17-/m1011000/s1. The van der Waals surface area contributed by atoms with Crippen LogP contribution in [0.25, 0.3) is 0 Å². The molecule has 13 rings (SSSR count). The second-order valence-corrected chi connectivity index (χ2v) is 48.3. The van der Waals surface area contributed by atoms with E-state index >= 15 is 0 Å². The minimum Gasteiger partial charge on any atom is -0.381 e. The Kier molecular flexibility index (Phi) is 57.6. The monoisotopic (exact) mass is 2150 g/mol. The third-order valence-corrected chi connectivity index (χ3v) is 32.6. The number of hydrogen-bond acceptors (Lipinski definition) is 15. The van der Waals surface area contributed by atoms with E-state index in [1.807, 2.05) is 241 Å². The molecule has 147 heavy (non-hydrogen) atoms. The first kappa shape index (κ1) is 128. The molecule has 7 aromatic carbocycles. The summed E-state index contributed by atoms with van der Waals surface area (Å²) in [5, 5.41) is 5.10. The summed E-state index contributed by atoms with van der Waals surface area (Å²) in [5.41, 5.74) is 9.10. The number of hydrogen-bond donors (Lipinski definition) is 0. The molecular formula is C125H182Cl7N7O8. The van der Waals surface area contributed by atoms with Gasteiger partial charge in [0, 0.05) is 169 Å². The highest BCUT2D eigenvalue weighted by Gasteiger charge is 2.36. The number of benzene rings is 7. The van der Waals surface area contributed by atoms with E-state index in [1.54, 1.807) is 14.2 Å². The molecule has 7 aromatic rings. The van der Waals surface area contributed by atoms with Crippen LogP contribution >= 0.6 is 81.2 Å². The van der Waals surface area contributed by atoms with Gasteiger partial charge in [-0.25, -0.2) is 0 Å². The van der Waals surface area contributed by atoms with Gasteiger partial charge in [0.15, 0.2) is 0 Å². The Balaban J connectivity index is 0.000000232. The zero-order valence-corrected chi connectivity index (χ0v) is 98.8. The van der Waals surface area contributed by atoms with Crippen LogP contribution in [0.15, 0.2) is 182 Å². The van der Waals surface area contributed by atoms with E-state index in [1.165, 1.54) is 62.5 Å². The molecule has 0 saturated carbocycles. The molecule has 6 aliphatic rings. The lowest BCUT2D eigenvalue weighted by atomic mass is 9.85. The maximum Gasteiger partial charge on any atom is 0.144 e. The Morgan fingerprint density at radius 1 is 0.259 bits per heavy atom. The number of piperidine rings is 6. The number of nitrogens with zero attached hydrogens (tertiary/aromatic N) is 7. The highest BCUT2D eigenvalue weighted by atomic mass is 35.5. The van der Waals surface area contributed by atoms with Crippen molar-refractivity contribution in [1.29, 1.82) is 0 Å². The lowest BCUT2D eigenvalue weighted by Crippen LogP contribution is -2.40. The fourth-order valence-corrected chi connectivity index (χ4v) is 20.8. The quantitative estimate of drug-likeness (QED) is 0.0338. The number of carbonyl (C=O) groups excluding carboxylic acids is 6. The molecule has 0 spiro atoms. The van der Waals surface area contributed by atoms with Crippen molar-refractivity contribution in [1.82, 2.24) is 34.3 Å². The van der Waals surface area contributed by atoms with E-state index in [0.717, 1.165) is 232 Å². The maximum absolute atomic E-state index is 12.6. The van der Waals surface area contributed by atoms with Gasteiger partial charge in [-0.1, -0.05) is 303 Å². The molecule has 7 atom stereocenters. The first-order valence-electron chi connectivity index (χ1n) is 55.0. The van der Waals surface area contributed by atoms with Crippen molar-refractivity contribution in [2.45, 2.75) is 275 Å². The van der Waals surface area contributed by atoms with Crippen molar-refractivity contribution in [3.63, 3.8) is 0 Å². The topological polar surface area (TPSA) is 144 Å². The predicted octanol–water partition coefficient (Wildman–Crippen LogP) is 30.0. The van der Waals surface area contributed by atoms with E-state index in [4.69, 9.17) is 90.7 Å². The van der Waals surface area contributed by atoms with Crippen LogP contribution in [0.1, 0.15) is 296 Å². The van der Waals surface area contributed by atoms with Crippen molar-refractivity contribution in [2.75, 3.05) is 146 Å². The van der Waals surface area contributed by atoms with Gasteiger partial charge < -0.3 is 43.8 Å². The Morgan fingerprint density at radius 2 is 0.401 bits per heavy atom. The summed E-state index contributed by atoms with van der Waals surface area (Å²) >= 11 is 41.8. The van der Waals surface area contributed by atoms with E-state index in [2.05, 4.69) is 115 Å². The Bertz CT molecular complexity index is 4500. The predicted molar refractivity (Wildman–Crippen MR) is 622 cm³/mol. The normalized spacial score (nSPS) is 18.1. The van der Waals surface area contributed by atoms with Gasteiger partial charge in [-0.2, -0.15) is 0 Å². The number of halogens is 7. The van der Waals surface area contributed by atoms with Crippen LogP contribution in [0.3, 0.4) is 0 Å². The molecule has 6 saturated heterocycles. The maximum atomic E-state index is 12.6. The average Bonchev–Trinajstić information content (AvgIpc) is 0.867. The van der Waals surface area contributed by atoms with Gasteiger partial charge in [-0.05, 0) is 304 Å². The first-order chi connectivity index (χ1) is 69.7. The van der Waals surface area contributed by atoms with E-state index in [9.17, 15) is 28.8 Å². The van der Waals surface area contributed by atoms with E-state index in [-0.39, 0.29) is 71.0 Å². The minimum atomic E-state index is -0.0728. The highest BCUT2D eigenvalue weighted by Crippen LogP contribution is 2.37. The van der Waals surface area contributed by atoms with Gasteiger partial charge in [0.1, 0.15) is 34.7 Å². The van der Waals surface area contributed by atoms with Crippen LogP contribution in [-0.4, -0.2) is 233 Å². The number of rotatable bonds is 38. The van der Waals surface area contributed by atoms with Gasteiger partial charge >= 0.3 is 0 Å². The van der Waals surface area contributed by atoms with Crippen molar-refractivity contribution in [3.05, 3.63) is 256 Å². The summed E-state index contributed by atoms with van der Waals surface area (Å²) in [7, 11) is 5.72. The number of Topliss-reactive ketones (excluding diaryl/α,β-unsaturated/α-hetero) is 6. The average molecular weight is 2160 g/mol. The molecule has 0 aliphatic carbocycles. The molecule has 814 valence electrons. The summed E-state index contributed by atoms with van der Waals surface area (Å²) in [6.45, 7) is 65.0. The molecule has 0 radical (unpaired) electrons. The molecule has 6 aliphatic heterocycles. The molecule has 0 unspecified atom stereocenters. The van der Waals surface area contributed by atoms with Gasteiger partial charge in [0.05, 0.1) is 47.7 Å². The van der Waals surface area contributed by atoms with E-state index in [0.29, 0.717) is 74.8 Å². The van der Waals surface area contributed by atoms with Gasteiger partial charge in [0.2, 0.25) is 0 Å². The highest BCUT2D eigenvalue weighted by molar-refractivity contribution is 6.32.